The zero-order valence-electron chi connectivity index (χ0n) is 31.5. The molecule has 4 aromatic heterocycles. The predicted octanol–water partition coefficient (Wildman–Crippen LogP) is 13.3. The molecule has 0 saturated heterocycles. The lowest BCUT2D eigenvalue weighted by molar-refractivity contribution is 0.669. The first-order valence-electron chi connectivity index (χ1n) is 19.5. The summed E-state index contributed by atoms with van der Waals surface area (Å²) >= 11 is 0. The third-order valence-electron chi connectivity index (χ3n) is 11.1. The zero-order valence-corrected chi connectivity index (χ0v) is 31.5. The van der Waals surface area contributed by atoms with Gasteiger partial charge in [0.25, 0.3) is 0 Å². The van der Waals surface area contributed by atoms with Crippen LogP contribution in [0.5, 0.6) is 0 Å². The largest absolute Gasteiger partial charge is 0.456 e. The smallest absolute Gasteiger partial charge is 0.164 e. The average molecular weight is 758 g/mol. The van der Waals surface area contributed by atoms with Crippen LogP contribution >= 0.6 is 0 Å². The minimum atomic E-state index is 0.557. The monoisotopic (exact) mass is 757 g/mol. The molecule has 7 nitrogen and oxygen atoms in total. The second-order valence-corrected chi connectivity index (χ2v) is 14.6. The Morgan fingerprint density at radius 3 is 1.93 bits per heavy atom. The van der Waals surface area contributed by atoms with Crippen LogP contribution in [0.2, 0.25) is 0 Å². The summed E-state index contributed by atoms with van der Waals surface area (Å²) in [6.45, 7) is 0. The van der Waals surface area contributed by atoms with Crippen LogP contribution in [0.15, 0.2) is 197 Å². The molecule has 0 spiro atoms. The van der Waals surface area contributed by atoms with E-state index in [1.165, 1.54) is 0 Å². The highest BCUT2D eigenvalue weighted by atomic mass is 16.3. The predicted molar refractivity (Wildman–Crippen MR) is 236 cm³/mol. The highest BCUT2D eigenvalue weighted by molar-refractivity contribution is 6.13. The summed E-state index contributed by atoms with van der Waals surface area (Å²) in [5, 5.41) is 4.08. The number of para-hydroxylation sites is 5. The van der Waals surface area contributed by atoms with Crippen molar-refractivity contribution in [3.8, 4) is 62.4 Å². The molecule has 7 heteroatoms. The van der Waals surface area contributed by atoms with Crippen molar-refractivity contribution < 1.29 is 8.83 Å². The fourth-order valence-electron chi connectivity index (χ4n) is 8.35. The van der Waals surface area contributed by atoms with Crippen LogP contribution in [0.25, 0.3) is 117 Å². The molecule has 0 aliphatic rings. The van der Waals surface area contributed by atoms with E-state index in [0.717, 1.165) is 99.8 Å². The molecule has 4 heterocycles. The van der Waals surface area contributed by atoms with Crippen molar-refractivity contribution in [1.82, 2.24) is 24.5 Å². The van der Waals surface area contributed by atoms with Crippen LogP contribution < -0.4 is 0 Å². The van der Waals surface area contributed by atoms with Gasteiger partial charge in [-0.15, -0.1) is 0 Å². The summed E-state index contributed by atoms with van der Waals surface area (Å²) in [5.41, 5.74) is 11.8. The molecule has 0 unspecified atom stereocenters. The molecule has 0 saturated carbocycles. The Morgan fingerprint density at radius 2 is 1.03 bits per heavy atom. The molecular weight excluding hydrogens is 727 g/mol. The maximum atomic E-state index is 6.63. The fraction of sp³-hybridized carbons (Fsp3) is 0. The van der Waals surface area contributed by atoms with E-state index in [-0.39, 0.29) is 0 Å². The highest BCUT2D eigenvalue weighted by Crippen LogP contribution is 2.40. The normalized spacial score (nSPS) is 11.7. The van der Waals surface area contributed by atoms with Crippen LogP contribution in [0, 0.1) is 0 Å². The first kappa shape index (κ1) is 33.0. The fourth-order valence-corrected chi connectivity index (χ4v) is 8.35. The van der Waals surface area contributed by atoms with Crippen molar-refractivity contribution in [2.24, 2.45) is 0 Å². The molecule has 59 heavy (non-hydrogen) atoms. The average Bonchev–Trinajstić information content (AvgIpc) is 4.01. The van der Waals surface area contributed by atoms with Gasteiger partial charge >= 0.3 is 0 Å². The maximum absolute atomic E-state index is 6.63. The van der Waals surface area contributed by atoms with E-state index in [1.807, 2.05) is 109 Å². The minimum absolute atomic E-state index is 0.557. The topological polar surface area (TPSA) is 82.8 Å². The van der Waals surface area contributed by atoms with Gasteiger partial charge in [0.05, 0.1) is 11.0 Å². The van der Waals surface area contributed by atoms with E-state index >= 15 is 0 Å². The number of rotatable bonds is 6. The number of benzene rings is 8. The van der Waals surface area contributed by atoms with Crippen molar-refractivity contribution in [2.45, 2.75) is 0 Å². The number of furan rings is 2. The van der Waals surface area contributed by atoms with Gasteiger partial charge < -0.3 is 8.83 Å². The lowest BCUT2D eigenvalue weighted by atomic mass is 10.00. The lowest BCUT2D eigenvalue weighted by Crippen LogP contribution is -2.00. The second kappa shape index (κ2) is 13.2. The Morgan fingerprint density at radius 1 is 0.373 bits per heavy atom. The summed E-state index contributed by atoms with van der Waals surface area (Å²) in [6, 6.07) is 63.8. The van der Waals surface area contributed by atoms with Gasteiger partial charge in [-0.25, -0.2) is 19.9 Å². The number of imidazole rings is 1. The van der Waals surface area contributed by atoms with Crippen LogP contribution in [0.1, 0.15) is 0 Å². The van der Waals surface area contributed by atoms with Gasteiger partial charge in [-0.05, 0) is 60.2 Å². The molecular formula is C52H31N5O2. The number of nitrogens with zero attached hydrogens (tertiary/aromatic N) is 5. The van der Waals surface area contributed by atoms with Gasteiger partial charge in [0.1, 0.15) is 28.2 Å². The van der Waals surface area contributed by atoms with Crippen LogP contribution in [0.4, 0.5) is 0 Å². The van der Waals surface area contributed by atoms with E-state index in [4.69, 9.17) is 28.8 Å². The molecule has 0 atom stereocenters. The molecule has 12 rings (SSSR count). The van der Waals surface area contributed by atoms with Gasteiger partial charge in [0.15, 0.2) is 17.5 Å². The van der Waals surface area contributed by atoms with E-state index in [9.17, 15) is 0 Å². The van der Waals surface area contributed by atoms with Crippen molar-refractivity contribution in [2.75, 3.05) is 0 Å². The second-order valence-electron chi connectivity index (χ2n) is 14.6. The van der Waals surface area contributed by atoms with Gasteiger partial charge in [0, 0.05) is 55.0 Å². The molecule has 0 aliphatic carbocycles. The number of hydrogen-bond donors (Lipinski definition) is 0. The molecule has 0 radical (unpaired) electrons. The quantitative estimate of drug-likeness (QED) is 0.168. The van der Waals surface area contributed by atoms with Gasteiger partial charge in [-0.3, -0.25) is 4.57 Å². The summed E-state index contributed by atoms with van der Waals surface area (Å²) in [6.07, 6.45) is 0. The van der Waals surface area contributed by atoms with Gasteiger partial charge in [0.2, 0.25) is 0 Å². The van der Waals surface area contributed by atoms with Crippen LogP contribution in [-0.2, 0) is 0 Å². The third kappa shape index (κ3) is 5.44. The number of hydrogen-bond acceptors (Lipinski definition) is 6. The Labute approximate surface area is 337 Å². The van der Waals surface area contributed by atoms with Crippen LogP contribution in [-0.4, -0.2) is 24.5 Å². The molecule has 0 N–H and O–H groups in total. The van der Waals surface area contributed by atoms with E-state index in [2.05, 4.69) is 83.4 Å². The zero-order chi connectivity index (χ0) is 38.9. The highest BCUT2D eigenvalue weighted by Gasteiger charge is 2.21. The van der Waals surface area contributed by atoms with Crippen LogP contribution in [0.3, 0.4) is 0 Å². The van der Waals surface area contributed by atoms with Gasteiger partial charge in [-0.1, -0.05) is 133 Å². The Balaban J connectivity index is 1.01. The molecule has 0 fully saturated rings. The Bertz CT molecular complexity index is 3570. The summed E-state index contributed by atoms with van der Waals surface area (Å²) in [7, 11) is 0. The summed E-state index contributed by atoms with van der Waals surface area (Å²) < 4.78 is 15.3. The van der Waals surface area contributed by atoms with E-state index in [0.29, 0.717) is 17.5 Å². The molecule has 8 aromatic carbocycles. The van der Waals surface area contributed by atoms with Crippen molar-refractivity contribution in [3.63, 3.8) is 0 Å². The molecule has 0 amide bonds. The molecule has 276 valence electrons. The maximum Gasteiger partial charge on any atom is 0.164 e. The Kier molecular flexibility index (Phi) is 7.40. The van der Waals surface area contributed by atoms with Crippen molar-refractivity contribution in [1.29, 1.82) is 0 Å². The summed E-state index contributed by atoms with van der Waals surface area (Å²) in [5.74, 6) is 2.55. The molecule has 0 aliphatic heterocycles. The van der Waals surface area contributed by atoms with Gasteiger partial charge in [-0.2, -0.15) is 0 Å². The SMILES string of the molecule is c1ccc(-c2nc(-c3cccc(-c4cccc5c4oc4ccccc45)c3)nc(-c3cccc4oc5cc(-c6nc7ccccc7n6-c6ccccc6)ccc5c34)n2)cc1. The third-order valence-corrected chi connectivity index (χ3v) is 11.1. The van der Waals surface area contributed by atoms with Crippen molar-refractivity contribution >= 4 is 54.9 Å². The first-order chi connectivity index (χ1) is 29.2. The number of aromatic nitrogens is 5. The summed E-state index contributed by atoms with van der Waals surface area (Å²) in [4.78, 5) is 20.5. The first-order valence-corrected chi connectivity index (χ1v) is 19.5. The standard InChI is InChI=1S/C52H31N5O2/c1-3-14-32(15-4-1)49-54-50(34-17-11-16-33(30-34)37-21-12-22-39-38-20-7-10-26-44(38)59-48(37)39)56-51(55-49)41-23-13-27-45-47(41)40-29-28-35(31-46(40)58-45)52-53-42-24-8-9-25-43(42)57(52)36-18-5-2-6-19-36/h1-31H. The Hall–Kier alpha value is -8.16. The number of fused-ring (bicyclic) bond motifs is 7. The lowest BCUT2D eigenvalue weighted by Gasteiger charge is -2.10. The molecule has 0 bridgehead atoms. The van der Waals surface area contributed by atoms with Crippen molar-refractivity contribution in [3.05, 3.63) is 188 Å². The molecule has 12 aromatic rings. The van der Waals surface area contributed by atoms with E-state index in [1.54, 1.807) is 0 Å². The van der Waals surface area contributed by atoms with E-state index < -0.39 is 0 Å². The minimum Gasteiger partial charge on any atom is -0.456 e.